The van der Waals surface area contributed by atoms with Gasteiger partial charge in [-0.25, -0.2) is 8.42 Å². The van der Waals surface area contributed by atoms with E-state index in [1.165, 1.54) is 0 Å². The molecule has 0 radical (unpaired) electrons. The van der Waals surface area contributed by atoms with Gasteiger partial charge >= 0.3 is 11.9 Å². The van der Waals surface area contributed by atoms with Crippen molar-refractivity contribution in [2.75, 3.05) is 18.9 Å². The number of ether oxygens (including phenoxy) is 1. The Morgan fingerprint density at radius 1 is 1.32 bits per heavy atom. The highest BCUT2D eigenvalue weighted by Gasteiger charge is 2.36. The Morgan fingerprint density at radius 3 is 2.58 bits per heavy atom. The van der Waals surface area contributed by atoms with Crippen molar-refractivity contribution in [3.63, 3.8) is 0 Å². The molecule has 8 heteroatoms. The lowest BCUT2D eigenvalue weighted by atomic mass is 10.1. The summed E-state index contributed by atoms with van der Waals surface area (Å²) in [5.74, 6) is -2.82. The molecule has 1 N–H and O–H groups in total. The molecule has 1 atom stereocenters. The quantitative estimate of drug-likeness (QED) is 0.727. The van der Waals surface area contributed by atoms with Gasteiger partial charge in [-0.3, -0.25) is 9.59 Å². The van der Waals surface area contributed by atoms with Crippen LogP contribution in [0.15, 0.2) is 0 Å². The monoisotopic (exact) mass is 293 g/mol. The van der Waals surface area contributed by atoms with Crippen LogP contribution >= 0.6 is 0 Å². The summed E-state index contributed by atoms with van der Waals surface area (Å²) in [5.41, 5.74) is 0. The maximum absolute atomic E-state index is 12.1. The summed E-state index contributed by atoms with van der Waals surface area (Å²) >= 11 is 0. The average molecular weight is 293 g/mol. The Hall–Kier alpha value is -1.15. The van der Waals surface area contributed by atoms with Gasteiger partial charge in [0.2, 0.25) is 10.0 Å². The number of carbonyl (C=O) groups is 2. The van der Waals surface area contributed by atoms with E-state index in [9.17, 15) is 18.0 Å². The first kappa shape index (κ1) is 15.9. The normalized spacial score (nSPS) is 21.6. The van der Waals surface area contributed by atoms with E-state index < -0.39 is 33.8 Å². The number of sulfonamides is 1. The van der Waals surface area contributed by atoms with Gasteiger partial charge < -0.3 is 9.84 Å². The van der Waals surface area contributed by atoms with Crippen molar-refractivity contribution >= 4 is 22.0 Å². The van der Waals surface area contributed by atoms with Crippen molar-refractivity contribution < 1.29 is 27.9 Å². The Morgan fingerprint density at radius 2 is 2.00 bits per heavy atom. The van der Waals surface area contributed by atoms with Crippen molar-refractivity contribution in [2.45, 2.75) is 38.6 Å². The predicted octanol–water partition coefficient (Wildman–Crippen LogP) is 0.208. The minimum absolute atomic E-state index is 0.0940. The molecule has 7 nitrogen and oxygen atoms in total. The number of carboxylic acid groups (broad SMARTS) is 1. The summed E-state index contributed by atoms with van der Waals surface area (Å²) in [5, 5.41) is 9.11. The van der Waals surface area contributed by atoms with E-state index in [2.05, 4.69) is 4.74 Å². The fraction of sp³-hybridized carbons (Fsp3) is 0.818. The van der Waals surface area contributed by atoms with Crippen molar-refractivity contribution in [2.24, 2.45) is 0 Å². The van der Waals surface area contributed by atoms with Crippen LogP contribution in [-0.4, -0.2) is 54.7 Å². The first-order chi connectivity index (χ1) is 8.88. The Labute approximate surface area is 112 Å². The number of carbonyl (C=O) groups excluding carboxylic acids is 1. The van der Waals surface area contributed by atoms with Crippen LogP contribution in [0.25, 0.3) is 0 Å². The molecule has 0 aromatic heterocycles. The highest BCUT2D eigenvalue weighted by Crippen LogP contribution is 2.20. The van der Waals surface area contributed by atoms with Gasteiger partial charge in [-0.2, -0.15) is 4.31 Å². The molecular weight excluding hydrogens is 274 g/mol. The molecule has 1 rings (SSSR count). The average Bonchev–Trinajstić information content (AvgIpc) is 2.53. The zero-order chi connectivity index (χ0) is 14.5. The van der Waals surface area contributed by atoms with Crippen LogP contribution in [0.2, 0.25) is 0 Å². The number of carboxylic acids is 1. The van der Waals surface area contributed by atoms with Crippen LogP contribution in [0.5, 0.6) is 0 Å². The predicted molar refractivity (Wildman–Crippen MR) is 67.0 cm³/mol. The third kappa shape index (κ3) is 4.46. The number of hydrogen-bond acceptors (Lipinski definition) is 5. The fourth-order valence-electron chi connectivity index (χ4n) is 2.10. The van der Waals surface area contributed by atoms with Crippen molar-refractivity contribution in [3.05, 3.63) is 0 Å². The maximum atomic E-state index is 12.1. The van der Waals surface area contributed by atoms with Gasteiger partial charge in [0.15, 0.2) is 5.75 Å². The summed E-state index contributed by atoms with van der Waals surface area (Å²) in [4.78, 5) is 22.4. The molecule has 1 aliphatic heterocycles. The van der Waals surface area contributed by atoms with E-state index in [0.717, 1.165) is 10.7 Å². The van der Waals surface area contributed by atoms with Crippen LogP contribution in [0.1, 0.15) is 32.6 Å². The van der Waals surface area contributed by atoms with Gasteiger partial charge in [0, 0.05) is 6.54 Å². The fourth-order valence-corrected chi connectivity index (χ4v) is 3.63. The highest BCUT2D eigenvalue weighted by atomic mass is 32.2. The molecule has 0 aliphatic carbocycles. The number of rotatable bonds is 5. The molecule has 0 aromatic carbocycles. The lowest BCUT2D eigenvalue weighted by Crippen LogP contribution is -2.46. The summed E-state index contributed by atoms with van der Waals surface area (Å²) in [6.45, 7) is 1.81. The lowest BCUT2D eigenvalue weighted by molar-refractivity contribution is -0.142. The summed E-state index contributed by atoms with van der Waals surface area (Å²) in [6.07, 6.45) is 2.33. The molecule has 1 fully saturated rings. The lowest BCUT2D eigenvalue weighted by Gasteiger charge is -2.25. The van der Waals surface area contributed by atoms with Crippen LogP contribution in [0, 0.1) is 0 Å². The topological polar surface area (TPSA) is 101 Å². The molecule has 0 amide bonds. The van der Waals surface area contributed by atoms with E-state index >= 15 is 0 Å². The molecule has 0 bridgehead atoms. The summed E-state index contributed by atoms with van der Waals surface area (Å²) in [7, 11) is -3.94. The number of aliphatic carboxylic acids is 1. The third-order valence-electron chi connectivity index (χ3n) is 2.95. The number of esters is 1. The maximum Gasteiger partial charge on any atom is 0.322 e. The van der Waals surface area contributed by atoms with Crippen molar-refractivity contribution in [1.29, 1.82) is 0 Å². The minimum Gasteiger partial charge on any atom is -0.480 e. The van der Waals surface area contributed by atoms with Crippen molar-refractivity contribution in [3.8, 4) is 0 Å². The standard InChI is InChI=1S/C11H19NO6S/c1-2-18-10(13)8-19(16,17)12-7-5-3-4-6-9(12)11(14)15/h9H,2-8H2,1H3,(H,14,15). The van der Waals surface area contributed by atoms with Crippen LogP contribution in [0.3, 0.4) is 0 Å². The molecule has 1 unspecified atom stereocenters. The van der Waals surface area contributed by atoms with Crippen molar-refractivity contribution in [1.82, 2.24) is 4.31 Å². The molecule has 110 valence electrons. The summed E-state index contributed by atoms with van der Waals surface area (Å²) in [6, 6.07) is -1.08. The smallest absolute Gasteiger partial charge is 0.322 e. The van der Waals surface area contributed by atoms with Gasteiger partial charge in [-0.05, 0) is 19.8 Å². The highest BCUT2D eigenvalue weighted by molar-refractivity contribution is 7.89. The van der Waals surface area contributed by atoms with Gasteiger partial charge in [0.1, 0.15) is 6.04 Å². The van der Waals surface area contributed by atoms with E-state index in [4.69, 9.17) is 5.11 Å². The van der Waals surface area contributed by atoms with E-state index in [0.29, 0.717) is 12.8 Å². The summed E-state index contributed by atoms with van der Waals surface area (Å²) < 4.78 is 29.7. The van der Waals surface area contributed by atoms with Gasteiger partial charge in [0.25, 0.3) is 0 Å². The zero-order valence-corrected chi connectivity index (χ0v) is 11.7. The number of hydrogen-bond donors (Lipinski definition) is 1. The van der Waals surface area contributed by atoms with Crippen LogP contribution < -0.4 is 0 Å². The van der Waals surface area contributed by atoms with Gasteiger partial charge in [-0.1, -0.05) is 12.8 Å². The van der Waals surface area contributed by atoms with Gasteiger partial charge in [0.05, 0.1) is 6.61 Å². The molecule has 0 aromatic rings. The first-order valence-corrected chi connectivity index (χ1v) is 7.87. The van der Waals surface area contributed by atoms with E-state index in [-0.39, 0.29) is 19.6 Å². The number of nitrogens with zero attached hydrogens (tertiary/aromatic N) is 1. The van der Waals surface area contributed by atoms with Crippen LogP contribution in [-0.2, 0) is 24.3 Å². The molecular formula is C11H19NO6S. The molecule has 1 saturated heterocycles. The minimum atomic E-state index is -3.94. The second-order valence-corrected chi connectivity index (χ2v) is 6.30. The molecule has 1 heterocycles. The van der Waals surface area contributed by atoms with E-state index in [1.807, 2.05) is 0 Å². The Balaban J connectivity index is 2.88. The molecule has 19 heavy (non-hydrogen) atoms. The second kappa shape index (κ2) is 6.85. The zero-order valence-electron chi connectivity index (χ0n) is 10.9. The van der Waals surface area contributed by atoms with E-state index in [1.54, 1.807) is 6.92 Å². The second-order valence-electron chi connectivity index (χ2n) is 4.38. The first-order valence-electron chi connectivity index (χ1n) is 6.26. The molecule has 1 aliphatic rings. The van der Waals surface area contributed by atoms with Gasteiger partial charge in [-0.15, -0.1) is 0 Å². The Bertz CT molecular complexity index is 432. The Kier molecular flexibility index (Phi) is 5.74. The third-order valence-corrected chi connectivity index (χ3v) is 4.70. The van der Waals surface area contributed by atoms with Crippen LogP contribution in [0.4, 0.5) is 0 Å². The largest absolute Gasteiger partial charge is 0.480 e. The SMILES string of the molecule is CCOC(=O)CS(=O)(=O)N1CCCCCC1C(=O)O. The molecule has 0 saturated carbocycles. The molecule has 0 spiro atoms.